The molecule has 0 fully saturated rings. The van der Waals surface area contributed by atoms with Gasteiger partial charge in [-0.1, -0.05) is 17.3 Å². The van der Waals surface area contributed by atoms with Crippen molar-refractivity contribution >= 4 is 20.0 Å². The van der Waals surface area contributed by atoms with Crippen molar-refractivity contribution in [3.63, 3.8) is 0 Å². The molecule has 3 aromatic rings. The van der Waals surface area contributed by atoms with Gasteiger partial charge in [0.25, 0.3) is 0 Å². The number of hydrogen-bond acceptors (Lipinski definition) is 7. The lowest BCUT2D eigenvalue weighted by Crippen LogP contribution is -2.13. The first-order chi connectivity index (χ1) is 13.0. The molecule has 9 nitrogen and oxygen atoms in total. The maximum atomic E-state index is 11.9. The molecule has 11 heteroatoms. The van der Waals surface area contributed by atoms with Crippen LogP contribution in [-0.4, -0.2) is 29.1 Å². The lowest BCUT2D eigenvalue weighted by Gasteiger charge is -2.09. The molecule has 1 aromatic heterocycles. The van der Waals surface area contributed by atoms with Crippen LogP contribution in [0.1, 0.15) is 5.76 Å². The van der Waals surface area contributed by atoms with Gasteiger partial charge in [0, 0.05) is 5.56 Å². The van der Waals surface area contributed by atoms with Crippen molar-refractivity contribution in [3.8, 4) is 28.1 Å². The van der Waals surface area contributed by atoms with Crippen molar-refractivity contribution in [3.05, 3.63) is 48.2 Å². The Morgan fingerprint density at radius 3 is 2.07 bits per heavy atom. The second-order valence-electron chi connectivity index (χ2n) is 5.94. The molecule has 0 aliphatic carbocycles. The molecule has 2 aromatic carbocycles. The maximum absolute atomic E-state index is 11.9. The van der Waals surface area contributed by atoms with Crippen molar-refractivity contribution in [2.24, 2.45) is 10.3 Å². The van der Waals surface area contributed by atoms with Crippen LogP contribution in [0.5, 0.6) is 5.75 Å². The van der Waals surface area contributed by atoms with E-state index in [9.17, 15) is 16.8 Å². The van der Waals surface area contributed by atoms with Crippen molar-refractivity contribution in [2.45, 2.75) is 16.7 Å². The number of ether oxygens (including phenoxy) is 1. The fourth-order valence-corrected chi connectivity index (χ4v) is 4.01. The van der Waals surface area contributed by atoms with Crippen LogP contribution in [0, 0.1) is 6.92 Å². The summed E-state index contributed by atoms with van der Waals surface area (Å²) >= 11 is 0. The zero-order chi connectivity index (χ0) is 20.7. The minimum absolute atomic E-state index is 0.0344. The molecule has 0 amide bonds. The van der Waals surface area contributed by atoms with Crippen molar-refractivity contribution < 1.29 is 26.1 Å². The van der Waals surface area contributed by atoms with Crippen molar-refractivity contribution in [1.29, 1.82) is 0 Å². The first kappa shape index (κ1) is 20.0. The van der Waals surface area contributed by atoms with Crippen LogP contribution in [0.15, 0.2) is 56.8 Å². The fourth-order valence-electron chi connectivity index (χ4n) is 2.77. The predicted octanol–water partition coefficient (Wildman–Crippen LogP) is 1.62. The summed E-state index contributed by atoms with van der Waals surface area (Å²) in [6, 6.07) is 10.3. The summed E-state index contributed by atoms with van der Waals surface area (Å²) in [5.41, 5.74) is 2.00. The summed E-state index contributed by atoms with van der Waals surface area (Å²) in [6.07, 6.45) is 0. The van der Waals surface area contributed by atoms with Crippen LogP contribution < -0.4 is 15.0 Å². The van der Waals surface area contributed by atoms with Crippen molar-refractivity contribution in [1.82, 2.24) is 5.16 Å². The van der Waals surface area contributed by atoms with E-state index in [2.05, 4.69) is 5.16 Å². The molecular weight excluding hydrogens is 406 g/mol. The lowest BCUT2D eigenvalue weighted by molar-refractivity contribution is 0.399. The summed E-state index contributed by atoms with van der Waals surface area (Å²) in [4.78, 5) is -0.225. The van der Waals surface area contributed by atoms with E-state index in [1.807, 2.05) is 0 Å². The maximum Gasteiger partial charge on any atom is 0.241 e. The van der Waals surface area contributed by atoms with Gasteiger partial charge in [-0.15, -0.1) is 0 Å². The molecule has 0 spiro atoms. The molecule has 0 saturated carbocycles. The van der Waals surface area contributed by atoms with Crippen LogP contribution in [0.4, 0.5) is 0 Å². The van der Waals surface area contributed by atoms with Crippen LogP contribution in [0.3, 0.4) is 0 Å². The predicted molar refractivity (Wildman–Crippen MR) is 101 cm³/mol. The Morgan fingerprint density at radius 2 is 1.54 bits per heavy atom. The zero-order valence-electron chi connectivity index (χ0n) is 14.9. The third-order valence-corrected chi connectivity index (χ3v) is 5.94. The summed E-state index contributed by atoms with van der Waals surface area (Å²) in [5, 5.41) is 14.4. The van der Waals surface area contributed by atoms with E-state index in [-0.39, 0.29) is 15.5 Å². The highest BCUT2D eigenvalue weighted by Crippen LogP contribution is 2.37. The van der Waals surface area contributed by atoms with E-state index in [1.54, 1.807) is 25.1 Å². The van der Waals surface area contributed by atoms with E-state index in [1.165, 1.54) is 31.4 Å². The Morgan fingerprint density at radius 1 is 0.929 bits per heavy atom. The molecule has 28 heavy (non-hydrogen) atoms. The van der Waals surface area contributed by atoms with Gasteiger partial charge in [-0.3, -0.25) is 0 Å². The van der Waals surface area contributed by atoms with Gasteiger partial charge in [0.15, 0.2) is 0 Å². The van der Waals surface area contributed by atoms with Gasteiger partial charge < -0.3 is 9.26 Å². The van der Waals surface area contributed by atoms with Gasteiger partial charge in [-0.25, -0.2) is 27.1 Å². The van der Waals surface area contributed by atoms with Crippen LogP contribution in [-0.2, 0) is 20.0 Å². The number of sulfonamides is 2. The molecule has 4 N–H and O–H groups in total. The normalized spacial score (nSPS) is 12.1. The highest BCUT2D eigenvalue weighted by atomic mass is 32.2. The smallest absolute Gasteiger partial charge is 0.241 e. The van der Waals surface area contributed by atoms with E-state index < -0.39 is 20.0 Å². The Hall–Kier alpha value is -2.73. The average molecular weight is 423 g/mol. The summed E-state index contributed by atoms with van der Waals surface area (Å²) in [6.45, 7) is 1.68. The third-order valence-electron chi connectivity index (χ3n) is 4.08. The van der Waals surface area contributed by atoms with Crippen LogP contribution in [0.2, 0.25) is 0 Å². The average Bonchev–Trinajstić information content (AvgIpc) is 3.01. The monoisotopic (exact) mass is 423 g/mol. The van der Waals surface area contributed by atoms with Gasteiger partial charge in [0.2, 0.25) is 20.0 Å². The van der Waals surface area contributed by atoms with Gasteiger partial charge in [0.05, 0.1) is 17.6 Å². The van der Waals surface area contributed by atoms with E-state index in [0.717, 1.165) is 0 Å². The topological polar surface area (TPSA) is 156 Å². The molecule has 1 heterocycles. The largest absolute Gasteiger partial charge is 0.495 e. The first-order valence-corrected chi connectivity index (χ1v) is 10.9. The summed E-state index contributed by atoms with van der Waals surface area (Å²) < 4.78 is 57.0. The Labute approximate surface area is 162 Å². The first-order valence-electron chi connectivity index (χ1n) is 7.83. The molecule has 148 valence electrons. The quantitative estimate of drug-likeness (QED) is 0.631. The highest BCUT2D eigenvalue weighted by Gasteiger charge is 2.21. The molecule has 0 radical (unpaired) electrons. The molecule has 0 aliphatic rings. The van der Waals surface area contributed by atoms with E-state index in [4.69, 9.17) is 19.5 Å². The number of hydrogen-bond donors (Lipinski definition) is 2. The molecule has 0 aliphatic heterocycles. The van der Waals surface area contributed by atoms with Gasteiger partial charge in [0.1, 0.15) is 22.1 Å². The number of benzene rings is 2. The van der Waals surface area contributed by atoms with Crippen LogP contribution >= 0.6 is 0 Å². The molecule has 0 unspecified atom stereocenters. The van der Waals surface area contributed by atoms with Gasteiger partial charge in [-0.2, -0.15) is 0 Å². The molecule has 0 saturated heterocycles. The highest BCUT2D eigenvalue weighted by molar-refractivity contribution is 7.89. The van der Waals surface area contributed by atoms with Crippen molar-refractivity contribution in [2.75, 3.05) is 7.11 Å². The number of aryl methyl sites for hydroxylation is 1. The molecule has 0 atom stereocenters. The second-order valence-corrected chi connectivity index (χ2v) is 9.03. The minimum atomic E-state index is -4.03. The number of nitrogens with two attached hydrogens (primary N) is 2. The number of primary sulfonamides is 2. The summed E-state index contributed by atoms with van der Waals surface area (Å²) in [5.74, 6) is 0.567. The van der Waals surface area contributed by atoms with Gasteiger partial charge >= 0.3 is 0 Å². The van der Waals surface area contributed by atoms with Crippen LogP contribution in [0.25, 0.3) is 22.4 Å². The Bertz CT molecular complexity index is 1250. The number of methoxy groups -OCH3 is 1. The fraction of sp³-hybridized carbons (Fsp3) is 0.118. The van der Waals surface area contributed by atoms with E-state index in [0.29, 0.717) is 28.1 Å². The molecule has 0 bridgehead atoms. The number of rotatable bonds is 5. The second kappa shape index (κ2) is 7.02. The lowest BCUT2D eigenvalue weighted by atomic mass is 9.99. The SMILES string of the molecule is COc1ccc(-c2noc(C)c2-c2ccc(S(N)(=O)=O)cc2)cc1S(N)(=O)=O. The number of nitrogens with zero attached hydrogens (tertiary/aromatic N) is 1. The summed E-state index contributed by atoms with van der Waals surface area (Å²) in [7, 11) is -6.52. The third kappa shape index (κ3) is 3.78. The van der Waals surface area contributed by atoms with E-state index >= 15 is 0 Å². The minimum Gasteiger partial charge on any atom is -0.495 e. The van der Waals surface area contributed by atoms with Gasteiger partial charge in [-0.05, 0) is 42.8 Å². The zero-order valence-corrected chi connectivity index (χ0v) is 16.5. The number of aromatic nitrogens is 1. The Kier molecular flexibility index (Phi) is 5.02. The molecule has 3 rings (SSSR count). The molecular formula is C17H17N3O6S2. The standard InChI is InChI=1S/C17H17N3O6S2/c1-10-16(11-3-6-13(7-4-11)27(18,21)22)17(20-26-10)12-5-8-14(25-2)15(9-12)28(19,23)24/h3-9H,1-2H3,(H2,18,21,22)(H2,19,23,24). The Balaban J connectivity index is 2.17.